The summed E-state index contributed by atoms with van der Waals surface area (Å²) in [5, 5.41) is 9.51. The molecule has 28 heavy (non-hydrogen) atoms. The predicted molar refractivity (Wildman–Crippen MR) is 107 cm³/mol. The van der Waals surface area contributed by atoms with E-state index in [0.29, 0.717) is 28.3 Å². The quantitative estimate of drug-likeness (QED) is 0.670. The number of hydrogen-bond acceptors (Lipinski definition) is 5. The van der Waals surface area contributed by atoms with Crippen molar-refractivity contribution in [2.75, 3.05) is 26.5 Å². The maximum atomic E-state index is 12.6. The summed E-state index contributed by atoms with van der Waals surface area (Å²) in [5.41, 5.74) is 3.37. The highest BCUT2D eigenvalue weighted by molar-refractivity contribution is 6.04. The van der Waals surface area contributed by atoms with Crippen molar-refractivity contribution >= 4 is 11.6 Å². The third-order valence-electron chi connectivity index (χ3n) is 3.87. The molecule has 0 atom stereocenters. The molecule has 1 amide bonds. The molecule has 7 heteroatoms. The fourth-order valence-corrected chi connectivity index (χ4v) is 2.54. The molecule has 0 fully saturated rings. The van der Waals surface area contributed by atoms with Crippen LogP contribution in [0, 0.1) is 11.8 Å². The first-order chi connectivity index (χ1) is 13.5. The largest absolute Gasteiger partial charge is 0.495 e. The highest BCUT2D eigenvalue weighted by Crippen LogP contribution is 2.14. The van der Waals surface area contributed by atoms with E-state index in [4.69, 9.17) is 4.74 Å². The van der Waals surface area contributed by atoms with E-state index in [9.17, 15) is 4.79 Å². The molecule has 2 heterocycles. The van der Waals surface area contributed by atoms with Crippen molar-refractivity contribution in [3.63, 3.8) is 0 Å². The second-order valence-electron chi connectivity index (χ2n) is 6.41. The predicted octanol–water partition coefficient (Wildman–Crippen LogP) is 2.53. The van der Waals surface area contributed by atoms with Crippen LogP contribution >= 0.6 is 0 Å². The van der Waals surface area contributed by atoms with E-state index in [-0.39, 0.29) is 5.91 Å². The van der Waals surface area contributed by atoms with Crippen LogP contribution in [0.1, 0.15) is 27.2 Å². The Balaban J connectivity index is 1.72. The third kappa shape index (κ3) is 4.96. The highest BCUT2D eigenvalue weighted by Gasteiger charge is 2.13. The van der Waals surface area contributed by atoms with E-state index in [1.807, 2.05) is 38.4 Å². The smallest absolute Gasteiger partial charge is 0.274 e. The van der Waals surface area contributed by atoms with Gasteiger partial charge in [0.1, 0.15) is 11.4 Å². The minimum atomic E-state index is -0.300. The van der Waals surface area contributed by atoms with Crippen molar-refractivity contribution in [3.05, 3.63) is 71.3 Å². The number of nitrogens with zero attached hydrogens (tertiary/aromatic N) is 3. The first-order valence-electron chi connectivity index (χ1n) is 8.64. The number of carbonyl (C=O) groups is 1. The van der Waals surface area contributed by atoms with Gasteiger partial charge in [0.05, 0.1) is 25.1 Å². The Bertz CT molecular complexity index is 1010. The van der Waals surface area contributed by atoms with Crippen LogP contribution in [-0.4, -0.2) is 47.2 Å². The number of ether oxygens (including phenoxy) is 1. The molecule has 7 nitrogen and oxygen atoms in total. The van der Waals surface area contributed by atoms with E-state index in [1.54, 1.807) is 25.6 Å². The minimum Gasteiger partial charge on any atom is -0.495 e. The van der Waals surface area contributed by atoms with Gasteiger partial charge < -0.3 is 15.0 Å². The highest BCUT2D eigenvalue weighted by atomic mass is 16.5. The standard InChI is InChI=1S/C21H21N5O2/c1-26(2)14-15-5-8-18(9-6-15)24-21(27)20-17(12-23-25-20)7-4-16-10-19(28-3)13-22-11-16/h5-6,8-13H,14H2,1-3H3,(H,23,25)(H,24,27). The summed E-state index contributed by atoms with van der Waals surface area (Å²) in [5.74, 6) is 6.24. The lowest BCUT2D eigenvalue weighted by atomic mass is 10.2. The zero-order chi connectivity index (χ0) is 19.9. The van der Waals surface area contributed by atoms with Crippen molar-refractivity contribution in [2.45, 2.75) is 6.54 Å². The Kier molecular flexibility index (Phi) is 6.04. The van der Waals surface area contributed by atoms with Crippen LogP contribution in [0.3, 0.4) is 0 Å². The first-order valence-corrected chi connectivity index (χ1v) is 8.64. The average Bonchev–Trinajstić information content (AvgIpc) is 3.16. The van der Waals surface area contributed by atoms with Crippen LogP contribution < -0.4 is 10.1 Å². The van der Waals surface area contributed by atoms with Gasteiger partial charge in [-0.15, -0.1) is 0 Å². The van der Waals surface area contributed by atoms with E-state index in [0.717, 1.165) is 6.54 Å². The topological polar surface area (TPSA) is 83.1 Å². The van der Waals surface area contributed by atoms with E-state index in [1.165, 1.54) is 11.8 Å². The van der Waals surface area contributed by atoms with Gasteiger partial charge in [-0.25, -0.2) is 0 Å². The lowest BCUT2D eigenvalue weighted by Crippen LogP contribution is -2.14. The number of anilines is 1. The number of rotatable bonds is 5. The fraction of sp³-hybridized carbons (Fsp3) is 0.190. The van der Waals surface area contributed by atoms with Crippen LogP contribution in [0.4, 0.5) is 5.69 Å². The van der Waals surface area contributed by atoms with Gasteiger partial charge in [-0.2, -0.15) is 5.10 Å². The molecule has 0 aliphatic rings. The summed E-state index contributed by atoms with van der Waals surface area (Å²) in [7, 11) is 5.59. The van der Waals surface area contributed by atoms with Crippen molar-refractivity contribution in [1.29, 1.82) is 0 Å². The van der Waals surface area contributed by atoms with Crippen molar-refractivity contribution < 1.29 is 9.53 Å². The molecule has 3 rings (SSSR count). The van der Waals surface area contributed by atoms with E-state index in [2.05, 4.69) is 37.2 Å². The number of carbonyl (C=O) groups excluding carboxylic acids is 1. The van der Waals surface area contributed by atoms with Gasteiger partial charge in [-0.1, -0.05) is 24.0 Å². The van der Waals surface area contributed by atoms with Gasteiger partial charge in [-0.3, -0.25) is 14.9 Å². The van der Waals surface area contributed by atoms with Crippen LogP contribution in [0.5, 0.6) is 5.75 Å². The third-order valence-corrected chi connectivity index (χ3v) is 3.87. The Morgan fingerprint density at radius 1 is 1.18 bits per heavy atom. The Labute approximate surface area is 163 Å². The fourth-order valence-electron chi connectivity index (χ4n) is 2.54. The Hall–Kier alpha value is -3.63. The van der Waals surface area contributed by atoms with Crippen LogP contribution in [0.25, 0.3) is 0 Å². The second kappa shape index (κ2) is 8.84. The molecule has 0 saturated carbocycles. The number of methoxy groups -OCH3 is 1. The summed E-state index contributed by atoms with van der Waals surface area (Å²) >= 11 is 0. The minimum absolute atomic E-state index is 0.300. The Morgan fingerprint density at radius 3 is 2.68 bits per heavy atom. The summed E-state index contributed by atoms with van der Waals surface area (Å²) in [6.45, 7) is 0.841. The number of H-pyrrole nitrogens is 1. The molecule has 0 aliphatic heterocycles. The van der Waals surface area contributed by atoms with Crippen LogP contribution in [0.2, 0.25) is 0 Å². The number of amides is 1. The van der Waals surface area contributed by atoms with Crippen molar-refractivity contribution in [2.24, 2.45) is 0 Å². The van der Waals surface area contributed by atoms with Gasteiger partial charge in [0.15, 0.2) is 0 Å². The molecule has 0 unspecified atom stereocenters. The van der Waals surface area contributed by atoms with Gasteiger partial charge in [-0.05, 0) is 37.9 Å². The van der Waals surface area contributed by atoms with Crippen molar-refractivity contribution in [1.82, 2.24) is 20.1 Å². The molecule has 0 spiro atoms. The van der Waals surface area contributed by atoms with Crippen LogP contribution in [0.15, 0.2) is 48.9 Å². The van der Waals surface area contributed by atoms with Crippen molar-refractivity contribution in [3.8, 4) is 17.6 Å². The average molecular weight is 375 g/mol. The SMILES string of the molecule is COc1cncc(C#Cc2cn[nH]c2C(=O)Nc2ccc(CN(C)C)cc2)c1. The molecule has 1 aromatic carbocycles. The molecule has 0 aliphatic carbocycles. The number of aromatic amines is 1. The number of benzene rings is 1. The number of hydrogen-bond donors (Lipinski definition) is 2. The summed E-state index contributed by atoms with van der Waals surface area (Å²) < 4.78 is 5.13. The molecular weight excluding hydrogens is 354 g/mol. The molecule has 0 radical (unpaired) electrons. The summed E-state index contributed by atoms with van der Waals surface area (Å²) in [6, 6.07) is 9.49. The molecule has 2 N–H and O–H groups in total. The van der Waals surface area contributed by atoms with Gasteiger partial charge >= 0.3 is 0 Å². The van der Waals surface area contributed by atoms with Crippen LogP contribution in [-0.2, 0) is 6.54 Å². The number of nitrogens with one attached hydrogen (secondary N) is 2. The molecule has 2 aromatic heterocycles. The zero-order valence-electron chi connectivity index (χ0n) is 16.0. The lowest BCUT2D eigenvalue weighted by molar-refractivity contribution is 0.102. The molecule has 142 valence electrons. The first kappa shape index (κ1) is 19.1. The van der Waals surface area contributed by atoms with Gasteiger partial charge in [0.2, 0.25) is 0 Å². The maximum absolute atomic E-state index is 12.6. The number of aromatic nitrogens is 3. The van der Waals surface area contributed by atoms with Gasteiger partial charge in [0, 0.05) is 24.0 Å². The molecular formula is C21H21N5O2. The van der Waals surface area contributed by atoms with E-state index >= 15 is 0 Å². The Morgan fingerprint density at radius 2 is 1.96 bits per heavy atom. The monoisotopic (exact) mass is 375 g/mol. The molecule has 0 bridgehead atoms. The summed E-state index contributed by atoms with van der Waals surface area (Å²) in [4.78, 5) is 18.7. The molecule has 3 aromatic rings. The summed E-state index contributed by atoms with van der Waals surface area (Å²) in [6.07, 6.45) is 4.76. The maximum Gasteiger partial charge on any atom is 0.274 e. The lowest BCUT2D eigenvalue weighted by Gasteiger charge is -2.10. The number of pyridine rings is 1. The van der Waals surface area contributed by atoms with Gasteiger partial charge in [0.25, 0.3) is 5.91 Å². The second-order valence-corrected chi connectivity index (χ2v) is 6.41. The van der Waals surface area contributed by atoms with E-state index < -0.39 is 0 Å². The molecule has 0 saturated heterocycles. The normalized spacial score (nSPS) is 10.3. The zero-order valence-corrected chi connectivity index (χ0v) is 16.0.